The van der Waals surface area contributed by atoms with Gasteiger partial charge in [0.25, 0.3) is 0 Å². The maximum absolute atomic E-state index is 13.2. The quantitative estimate of drug-likeness (QED) is 0.360. The molecule has 0 saturated heterocycles. The number of carbonyl (C=O) groups excluding carboxylic acids is 2. The molecule has 0 aliphatic heterocycles. The summed E-state index contributed by atoms with van der Waals surface area (Å²) in [5.74, 6) is -1.75. The summed E-state index contributed by atoms with van der Waals surface area (Å²) in [6.45, 7) is 1.97. The van der Waals surface area contributed by atoms with Crippen LogP contribution in [0.15, 0.2) is 54.6 Å². The molecule has 2 aromatic carbocycles. The highest BCUT2D eigenvalue weighted by molar-refractivity contribution is 7.81. The summed E-state index contributed by atoms with van der Waals surface area (Å²) in [5.41, 5.74) is 1.77. The Morgan fingerprint density at radius 1 is 1.00 bits per heavy atom. The van der Waals surface area contributed by atoms with E-state index in [1.807, 2.05) is 61.5 Å². The van der Waals surface area contributed by atoms with Crippen LogP contribution < -0.4 is 5.32 Å². The van der Waals surface area contributed by atoms with Crippen molar-refractivity contribution in [2.24, 2.45) is 5.41 Å². The van der Waals surface area contributed by atoms with Crippen molar-refractivity contribution in [3.63, 3.8) is 0 Å². The van der Waals surface area contributed by atoms with Crippen molar-refractivity contribution in [3.05, 3.63) is 60.2 Å². The van der Waals surface area contributed by atoms with Gasteiger partial charge in [-0.3, -0.25) is 9.59 Å². The van der Waals surface area contributed by atoms with Crippen molar-refractivity contribution in [1.82, 2.24) is 5.32 Å². The highest BCUT2D eigenvalue weighted by atomic mass is 32.1. The average Bonchev–Trinajstić information content (AvgIpc) is 3.30. The number of nitrogens with one attached hydrogen (secondary N) is 1. The number of rotatable bonds is 10. The number of amides is 1. The zero-order chi connectivity index (χ0) is 23.1. The minimum atomic E-state index is -1.16. The van der Waals surface area contributed by atoms with E-state index < -0.39 is 28.6 Å². The standard InChI is InChI=1S/C26H31NO4S/c1-2-8-22(32)23(28)26(15-6-7-16-26)25(31)27-21(24(29)30)17-18-11-13-20(14-12-18)19-9-4-3-5-10-19/h3-5,9-14,21-22,32H,2,6-8,15-17H2,1H3,(H,27,31)(H,29,30)/t21-,22-/m0/s1. The number of aliphatic carboxylic acids is 1. The molecule has 5 nitrogen and oxygen atoms in total. The van der Waals surface area contributed by atoms with E-state index in [1.54, 1.807) is 0 Å². The monoisotopic (exact) mass is 453 g/mol. The van der Waals surface area contributed by atoms with Crippen LogP contribution in [0.3, 0.4) is 0 Å². The Balaban J connectivity index is 1.73. The van der Waals surface area contributed by atoms with E-state index in [1.165, 1.54) is 0 Å². The molecule has 0 bridgehead atoms. The SMILES string of the molecule is CCC[C@H](S)C(=O)C1(C(=O)N[C@@H](Cc2ccc(-c3ccccc3)cc2)C(=O)O)CCCC1. The maximum Gasteiger partial charge on any atom is 0.326 e. The van der Waals surface area contributed by atoms with Gasteiger partial charge >= 0.3 is 5.97 Å². The summed E-state index contributed by atoms with van der Waals surface area (Å²) in [6, 6.07) is 16.5. The number of Topliss-reactive ketones (excluding diaryl/α,β-unsaturated/α-hetero) is 1. The molecule has 0 spiro atoms. The molecule has 1 aliphatic rings. The number of ketones is 1. The Labute approximate surface area is 195 Å². The van der Waals surface area contributed by atoms with Crippen LogP contribution in [0.25, 0.3) is 11.1 Å². The number of benzene rings is 2. The first-order chi connectivity index (χ1) is 15.4. The predicted molar refractivity (Wildman–Crippen MR) is 129 cm³/mol. The van der Waals surface area contributed by atoms with Crippen molar-refractivity contribution < 1.29 is 19.5 Å². The van der Waals surface area contributed by atoms with Gasteiger partial charge in [0.1, 0.15) is 11.5 Å². The Hall–Kier alpha value is -2.60. The molecular weight excluding hydrogens is 422 g/mol. The van der Waals surface area contributed by atoms with Crippen molar-refractivity contribution in [2.75, 3.05) is 0 Å². The number of carboxylic acids is 1. The Morgan fingerprint density at radius 3 is 2.16 bits per heavy atom. The molecule has 0 radical (unpaired) electrons. The fraction of sp³-hybridized carbons (Fsp3) is 0.423. The second kappa shape index (κ2) is 10.8. The van der Waals surface area contributed by atoms with Gasteiger partial charge < -0.3 is 10.4 Å². The Kier molecular flexibility index (Phi) is 8.13. The van der Waals surface area contributed by atoms with E-state index >= 15 is 0 Å². The highest BCUT2D eigenvalue weighted by Gasteiger charge is 2.49. The summed E-state index contributed by atoms with van der Waals surface area (Å²) in [7, 11) is 0. The zero-order valence-corrected chi connectivity index (χ0v) is 19.3. The molecule has 32 heavy (non-hydrogen) atoms. The maximum atomic E-state index is 13.2. The van der Waals surface area contributed by atoms with E-state index in [9.17, 15) is 19.5 Å². The van der Waals surface area contributed by atoms with Gasteiger partial charge in [-0.1, -0.05) is 80.8 Å². The summed E-state index contributed by atoms with van der Waals surface area (Å²) in [5, 5.41) is 11.9. The van der Waals surface area contributed by atoms with Gasteiger partial charge in [-0.05, 0) is 36.0 Å². The lowest BCUT2D eigenvalue weighted by atomic mass is 9.78. The predicted octanol–water partition coefficient (Wildman–Crippen LogP) is 4.69. The summed E-state index contributed by atoms with van der Waals surface area (Å²) < 4.78 is 0. The van der Waals surface area contributed by atoms with Gasteiger partial charge in [-0.15, -0.1) is 0 Å². The van der Waals surface area contributed by atoms with Crippen molar-refractivity contribution in [3.8, 4) is 11.1 Å². The van der Waals surface area contributed by atoms with Gasteiger partial charge in [0, 0.05) is 6.42 Å². The molecule has 170 valence electrons. The van der Waals surface area contributed by atoms with Crippen LogP contribution in [-0.4, -0.2) is 34.1 Å². The number of carboxylic acid groups (broad SMARTS) is 1. The summed E-state index contributed by atoms with van der Waals surface area (Å²) in [6.07, 6.45) is 4.03. The lowest BCUT2D eigenvalue weighted by Crippen LogP contribution is -2.53. The molecule has 1 amide bonds. The number of hydrogen-bond donors (Lipinski definition) is 3. The molecule has 6 heteroatoms. The van der Waals surface area contributed by atoms with E-state index in [-0.39, 0.29) is 12.2 Å². The van der Waals surface area contributed by atoms with Crippen LogP contribution in [0.1, 0.15) is 51.0 Å². The van der Waals surface area contributed by atoms with E-state index in [2.05, 4.69) is 17.9 Å². The molecular formula is C26H31NO4S. The molecule has 1 aliphatic carbocycles. The number of thiol groups is 1. The first-order valence-corrected chi connectivity index (χ1v) is 11.8. The van der Waals surface area contributed by atoms with Crippen molar-refractivity contribution in [1.29, 1.82) is 0 Å². The largest absolute Gasteiger partial charge is 0.480 e. The first-order valence-electron chi connectivity index (χ1n) is 11.3. The van der Waals surface area contributed by atoms with Crippen LogP contribution in [0.5, 0.6) is 0 Å². The van der Waals surface area contributed by atoms with Crippen LogP contribution in [-0.2, 0) is 20.8 Å². The van der Waals surface area contributed by atoms with Gasteiger partial charge in [0.2, 0.25) is 5.91 Å². The smallest absolute Gasteiger partial charge is 0.326 e. The number of hydrogen-bond acceptors (Lipinski definition) is 4. The lowest BCUT2D eigenvalue weighted by Gasteiger charge is -2.30. The Morgan fingerprint density at radius 2 is 1.59 bits per heavy atom. The molecule has 2 aromatic rings. The first kappa shape index (κ1) is 24.1. The third-order valence-corrected chi connectivity index (χ3v) is 6.83. The van der Waals surface area contributed by atoms with Crippen molar-refractivity contribution in [2.45, 2.75) is 63.2 Å². The average molecular weight is 454 g/mol. The third kappa shape index (κ3) is 5.41. The van der Waals surface area contributed by atoms with Crippen LogP contribution in [0.2, 0.25) is 0 Å². The van der Waals surface area contributed by atoms with E-state index in [4.69, 9.17) is 0 Å². The highest BCUT2D eigenvalue weighted by Crippen LogP contribution is 2.41. The molecule has 1 fully saturated rings. The van der Waals surface area contributed by atoms with E-state index in [0.717, 1.165) is 36.0 Å². The zero-order valence-electron chi connectivity index (χ0n) is 18.4. The van der Waals surface area contributed by atoms with Gasteiger partial charge in [-0.25, -0.2) is 4.79 Å². The molecule has 0 aromatic heterocycles. The molecule has 3 rings (SSSR count). The minimum Gasteiger partial charge on any atom is -0.480 e. The van der Waals surface area contributed by atoms with Crippen molar-refractivity contribution >= 4 is 30.3 Å². The van der Waals surface area contributed by atoms with Gasteiger partial charge in [-0.2, -0.15) is 12.6 Å². The fourth-order valence-corrected chi connectivity index (χ4v) is 4.99. The molecule has 1 saturated carbocycles. The Bertz CT molecular complexity index is 936. The molecule has 0 heterocycles. The fourth-order valence-electron chi connectivity index (χ4n) is 4.48. The van der Waals surface area contributed by atoms with Crippen LogP contribution in [0, 0.1) is 5.41 Å². The van der Waals surface area contributed by atoms with Gasteiger partial charge in [0.15, 0.2) is 5.78 Å². The minimum absolute atomic E-state index is 0.152. The lowest BCUT2D eigenvalue weighted by molar-refractivity contribution is -0.147. The summed E-state index contributed by atoms with van der Waals surface area (Å²) in [4.78, 5) is 38.3. The third-order valence-electron chi connectivity index (χ3n) is 6.33. The normalized spacial score (nSPS) is 16.8. The topological polar surface area (TPSA) is 83.5 Å². The van der Waals surface area contributed by atoms with Crippen LogP contribution in [0.4, 0.5) is 0 Å². The molecule has 2 N–H and O–H groups in total. The molecule has 0 unspecified atom stereocenters. The number of carbonyl (C=O) groups is 3. The molecule has 2 atom stereocenters. The summed E-state index contributed by atoms with van der Waals surface area (Å²) >= 11 is 4.43. The van der Waals surface area contributed by atoms with Crippen LogP contribution >= 0.6 is 12.6 Å². The second-order valence-corrected chi connectivity index (χ2v) is 9.21. The second-order valence-electron chi connectivity index (χ2n) is 8.59. The van der Waals surface area contributed by atoms with Gasteiger partial charge in [0.05, 0.1) is 5.25 Å². The van der Waals surface area contributed by atoms with E-state index in [0.29, 0.717) is 19.3 Å².